The Hall–Kier alpha value is -1.39. The van der Waals surface area contributed by atoms with Crippen molar-refractivity contribution in [3.8, 4) is 0 Å². The van der Waals surface area contributed by atoms with Crippen LogP contribution in [0, 0.1) is 6.92 Å². The zero-order valence-corrected chi connectivity index (χ0v) is 12.2. The summed E-state index contributed by atoms with van der Waals surface area (Å²) in [6, 6.07) is 9.05. The lowest BCUT2D eigenvalue weighted by Crippen LogP contribution is -2.22. The molecule has 0 saturated heterocycles. The Morgan fingerprint density at radius 3 is 2.63 bits per heavy atom. The van der Waals surface area contributed by atoms with E-state index in [1.165, 1.54) is 11.1 Å². The van der Waals surface area contributed by atoms with Gasteiger partial charge >= 0.3 is 0 Å². The van der Waals surface area contributed by atoms with Crippen molar-refractivity contribution in [2.24, 2.45) is 0 Å². The van der Waals surface area contributed by atoms with E-state index in [4.69, 9.17) is 0 Å². The summed E-state index contributed by atoms with van der Waals surface area (Å²) in [7, 11) is 0. The number of aromatic nitrogens is 2. The lowest BCUT2D eigenvalue weighted by atomic mass is 10.1. The molecule has 0 aliphatic heterocycles. The Morgan fingerprint density at radius 2 is 2.00 bits per heavy atom. The Kier molecular flexibility index (Phi) is 5.36. The van der Waals surface area contributed by atoms with Crippen LogP contribution < -0.4 is 5.32 Å². The van der Waals surface area contributed by atoms with Crippen molar-refractivity contribution in [1.29, 1.82) is 0 Å². The molecule has 1 heterocycles. The third-order valence-corrected chi connectivity index (χ3v) is 3.87. The highest BCUT2D eigenvalue weighted by atomic mass is 32.2. The monoisotopic (exact) mass is 273 g/mol. The average molecular weight is 273 g/mol. The molecule has 100 valence electrons. The van der Waals surface area contributed by atoms with E-state index >= 15 is 0 Å². The van der Waals surface area contributed by atoms with Crippen molar-refractivity contribution >= 4 is 11.8 Å². The number of hydrogen-bond donors (Lipinski definition) is 1. The topological polar surface area (TPSA) is 37.8 Å². The first-order chi connectivity index (χ1) is 9.29. The van der Waals surface area contributed by atoms with Crippen LogP contribution in [0.15, 0.2) is 47.9 Å². The first-order valence-corrected chi connectivity index (χ1v) is 7.47. The molecule has 0 aliphatic rings. The number of hydrogen-bond acceptors (Lipinski definition) is 4. The van der Waals surface area contributed by atoms with Crippen molar-refractivity contribution in [3.05, 3.63) is 54.0 Å². The third kappa shape index (κ3) is 4.33. The van der Waals surface area contributed by atoms with Crippen LogP contribution in [0.4, 0.5) is 0 Å². The number of thioether (sulfide) groups is 1. The lowest BCUT2D eigenvalue weighted by Gasteiger charge is -2.18. The predicted molar refractivity (Wildman–Crippen MR) is 80.4 cm³/mol. The van der Waals surface area contributed by atoms with E-state index < -0.39 is 0 Å². The maximum absolute atomic E-state index is 4.29. The van der Waals surface area contributed by atoms with E-state index in [1.54, 1.807) is 24.2 Å². The van der Waals surface area contributed by atoms with Gasteiger partial charge in [0.1, 0.15) is 5.03 Å². The Balaban J connectivity index is 2.02. The van der Waals surface area contributed by atoms with Gasteiger partial charge in [-0.3, -0.25) is 4.98 Å². The van der Waals surface area contributed by atoms with E-state index in [9.17, 15) is 0 Å². The second kappa shape index (κ2) is 7.26. The van der Waals surface area contributed by atoms with E-state index in [-0.39, 0.29) is 0 Å². The minimum absolute atomic E-state index is 0.345. The van der Waals surface area contributed by atoms with Gasteiger partial charge in [-0.15, -0.1) is 11.8 Å². The SMILES string of the molecule is CCNC(CSc1cnccn1)c1ccc(C)cc1. The molecule has 4 heteroatoms. The molecule has 0 saturated carbocycles. The molecule has 1 N–H and O–H groups in total. The highest BCUT2D eigenvalue weighted by molar-refractivity contribution is 7.99. The summed E-state index contributed by atoms with van der Waals surface area (Å²) in [6.45, 7) is 5.20. The van der Waals surface area contributed by atoms with Gasteiger partial charge in [-0.1, -0.05) is 36.8 Å². The van der Waals surface area contributed by atoms with Gasteiger partial charge in [-0.25, -0.2) is 4.98 Å². The lowest BCUT2D eigenvalue weighted by molar-refractivity contribution is 0.605. The molecular weight excluding hydrogens is 254 g/mol. The van der Waals surface area contributed by atoms with Gasteiger partial charge in [0.2, 0.25) is 0 Å². The fraction of sp³-hybridized carbons (Fsp3) is 0.333. The van der Waals surface area contributed by atoms with Crippen molar-refractivity contribution in [3.63, 3.8) is 0 Å². The molecule has 0 bridgehead atoms. The largest absolute Gasteiger partial charge is 0.309 e. The molecule has 19 heavy (non-hydrogen) atoms. The normalized spacial score (nSPS) is 12.3. The van der Waals surface area contributed by atoms with Crippen LogP contribution in [-0.2, 0) is 0 Å². The molecule has 0 spiro atoms. The highest BCUT2D eigenvalue weighted by Crippen LogP contribution is 2.23. The fourth-order valence-corrected chi connectivity index (χ4v) is 2.77. The Labute approximate surface area is 118 Å². The highest BCUT2D eigenvalue weighted by Gasteiger charge is 2.10. The average Bonchev–Trinajstić information content (AvgIpc) is 2.46. The Bertz CT molecular complexity index is 485. The van der Waals surface area contributed by atoms with E-state index in [2.05, 4.69) is 53.4 Å². The van der Waals surface area contributed by atoms with E-state index in [1.807, 2.05) is 6.20 Å². The predicted octanol–water partition coefficient (Wildman–Crippen LogP) is 3.23. The summed E-state index contributed by atoms with van der Waals surface area (Å²) in [5.74, 6) is 0.954. The van der Waals surface area contributed by atoms with Crippen molar-refractivity contribution in [2.45, 2.75) is 24.9 Å². The van der Waals surface area contributed by atoms with Gasteiger partial charge in [-0.2, -0.15) is 0 Å². The van der Waals surface area contributed by atoms with Crippen LogP contribution in [0.3, 0.4) is 0 Å². The summed E-state index contributed by atoms with van der Waals surface area (Å²) in [5.41, 5.74) is 2.62. The number of rotatable bonds is 6. The van der Waals surface area contributed by atoms with Crippen molar-refractivity contribution < 1.29 is 0 Å². The second-order valence-electron chi connectivity index (χ2n) is 4.38. The van der Waals surface area contributed by atoms with E-state index in [0.29, 0.717) is 6.04 Å². The van der Waals surface area contributed by atoms with Crippen LogP contribution in [0.1, 0.15) is 24.1 Å². The van der Waals surface area contributed by atoms with Gasteiger partial charge in [0, 0.05) is 24.2 Å². The third-order valence-electron chi connectivity index (χ3n) is 2.87. The molecule has 1 aromatic carbocycles. The molecule has 1 aromatic heterocycles. The number of benzene rings is 1. The number of aryl methyl sites for hydroxylation is 1. The zero-order valence-electron chi connectivity index (χ0n) is 11.3. The Morgan fingerprint density at radius 1 is 1.21 bits per heavy atom. The van der Waals surface area contributed by atoms with Crippen LogP contribution in [0.5, 0.6) is 0 Å². The molecule has 0 aliphatic carbocycles. The minimum Gasteiger partial charge on any atom is -0.309 e. The van der Waals surface area contributed by atoms with Crippen LogP contribution in [-0.4, -0.2) is 22.3 Å². The number of nitrogens with one attached hydrogen (secondary N) is 1. The molecule has 0 amide bonds. The fourth-order valence-electron chi connectivity index (χ4n) is 1.85. The van der Waals surface area contributed by atoms with E-state index in [0.717, 1.165) is 17.3 Å². The maximum atomic E-state index is 4.29. The maximum Gasteiger partial charge on any atom is 0.114 e. The molecule has 0 radical (unpaired) electrons. The molecular formula is C15H19N3S. The van der Waals surface area contributed by atoms with Gasteiger partial charge in [0.05, 0.1) is 6.20 Å². The van der Waals surface area contributed by atoms with Crippen molar-refractivity contribution in [2.75, 3.05) is 12.3 Å². The summed E-state index contributed by atoms with van der Waals surface area (Å²) in [6.07, 6.45) is 5.24. The van der Waals surface area contributed by atoms with Gasteiger partial charge in [0.25, 0.3) is 0 Å². The quantitative estimate of drug-likeness (QED) is 0.820. The molecule has 3 nitrogen and oxygen atoms in total. The van der Waals surface area contributed by atoms with Gasteiger partial charge < -0.3 is 5.32 Å². The molecule has 2 rings (SSSR count). The van der Waals surface area contributed by atoms with Crippen LogP contribution in [0.25, 0.3) is 0 Å². The second-order valence-corrected chi connectivity index (χ2v) is 5.42. The molecule has 2 aromatic rings. The van der Waals surface area contributed by atoms with Crippen LogP contribution in [0.2, 0.25) is 0 Å². The van der Waals surface area contributed by atoms with Crippen molar-refractivity contribution in [1.82, 2.24) is 15.3 Å². The zero-order chi connectivity index (χ0) is 13.5. The summed E-state index contributed by atoms with van der Waals surface area (Å²) in [5, 5.41) is 4.49. The minimum atomic E-state index is 0.345. The molecule has 0 fully saturated rings. The molecule has 1 unspecified atom stereocenters. The summed E-state index contributed by atoms with van der Waals surface area (Å²) >= 11 is 1.73. The summed E-state index contributed by atoms with van der Waals surface area (Å²) in [4.78, 5) is 8.38. The first-order valence-electron chi connectivity index (χ1n) is 6.48. The van der Waals surface area contributed by atoms with Gasteiger partial charge in [-0.05, 0) is 19.0 Å². The smallest absolute Gasteiger partial charge is 0.114 e. The summed E-state index contributed by atoms with van der Waals surface area (Å²) < 4.78 is 0. The molecule has 1 atom stereocenters. The standard InChI is InChI=1S/C15H19N3S/c1-3-17-14(13-6-4-12(2)5-7-13)11-19-15-10-16-8-9-18-15/h4-10,14,17H,3,11H2,1-2H3. The van der Waals surface area contributed by atoms with Crippen LogP contribution >= 0.6 is 11.8 Å². The van der Waals surface area contributed by atoms with Gasteiger partial charge in [0.15, 0.2) is 0 Å². The first kappa shape index (κ1) is 14.0. The number of nitrogens with zero attached hydrogens (tertiary/aromatic N) is 2.